The number of hydrogen-bond acceptors (Lipinski definition) is 7. The maximum atomic E-state index is 12.7. The minimum atomic E-state index is -0.390. The molecule has 0 aromatic heterocycles. The lowest BCUT2D eigenvalue weighted by molar-refractivity contribution is -0.118. The van der Waals surface area contributed by atoms with Crippen molar-refractivity contribution in [2.45, 2.75) is 27.2 Å². The molecule has 0 aliphatic rings. The minimum absolute atomic E-state index is 0.180. The van der Waals surface area contributed by atoms with Gasteiger partial charge in [0.15, 0.2) is 29.6 Å². The minimum Gasteiger partial charge on any atom is -0.490 e. The van der Waals surface area contributed by atoms with E-state index in [1.165, 1.54) is 6.21 Å². The van der Waals surface area contributed by atoms with E-state index in [-0.39, 0.29) is 12.5 Å². The van der Waals surface area contributed by atoms with Gasteiger partial charge in [-0.05, 0) is 90.9 Å². The third kappa shape index (κ3) is 9.17. The van der Waals surface area contributed by atoms with E-state index in [1.807, 2.05) is 45.0 Å². The summed E-state index contributed by atoms with van der Waals surface area (Å²) >= 11 is 2.11. The summed E-state index contributed by atoms with van der Waals surface area (Å²) in [5.41, 5.74) is 4.30. The average molecular weight is 645 g/mol. The van der Waals surface area contributed by atoms with Crippen LogP contribution in [0.5, 0.6) is 23.0 Å². The molecule has 3 aromatic carbocycles. The van der Waals surface area contributed by atoms with Gasteiger partial charge in [-0.15, -0.1) is 0 Å². The fraction of sp³-hybridized carbons (Fsp3) is 0.276. The van der Waals surface area contributed by atoms with Gasteiger partial charge in [-0.1, -0.05) is 25.1 Å². The van der Waals surface area contributed by atoms with Crippen molar-refractivity contribution in [3.63, 3.8) is 0 Å². The van der Waals surface area contributed by atoms with Gasteiger partial charge in [0.2, 0.25) is 0 Å². The van der Waals surface area contributed by atoms with Crippen LogP contribution in [0.3, 0.4) is 0 Å². The third-order valence-electron chi connectivity index (χ3n) is 5.08. The molecule has 206 valence electrons. The van der Waals surface area contributed by atoms with Crippen molar-refractivity contribution in [3.05, 3.63) is 75.4 Å². The first-order valence-corrected chi connectivity index (χ1v) is 13.7. The van der Waals surface area contributed by atoms with Crippen molar-refractivity contribution in [3.8, 4) is 23.0 Å². The van der Waals surface area contributed by atoms with Gasteiger partial charge in [0.25, 0.3) is 11.8 Å². The number of amides is 2. The fourth-order valence-electron chi connectivity index (χ4n) is 3.40. The maximum absolute atomic E-state index is 12.7. The molecule has 10 heteroatoms. The quantitative estimate of drug-likeness (QED) is 0.133. The van der Waals surface area contributed by atoms with Crippen molar-refractivity contribution in [1.82, 2.24) is 5.43 Å². The predicted molar refractivity (Wildman–Crippen MR) is 159 cm³/mol. The number of anilines is 1. The highest BCUT2D eigenvalue weighted by Gasteiger charge is 2.15. The van der Waals surface area contributed by atoms with Crippen LogP contribution in [0.15, 0.2) is 65.8 Å². The Hall–Kier alpha value is -3.80. The number of nitrogens with zero attached hydrogens (tertiary/aromatic N) is 1. The highest BCUT2D eigenvalue weighted by Crippen LogP contribution is 2.34. The second kappa shape index (κ2) is 15.6. The zero-order valence-electron chi connectivity index (χ0n) is 22.2. The topological polar surface area (TPSA) is 107 Å². The van der Waals surface area contributed by atoms with Crippen molar-refractivity contribution < 1.29 is 28.5 Å². The summed E-state index contributed by atoms with van der Waals surface area (Å²) in [4.78, 5) is 25.0. The van der Waals surface area contributed by atoms with Crippen LogP contribution in [0.25, 0.3) is 0 Å². The molecule has 0 saturated heterocycles. The fourth-order valence-corrected chi connectivity index (χ4v) is 4.18. The van der Waals surface area contributed by atoms with E-state index in [1.54, 1.807) is 36.4 Å². The van der Waals surface area contributed by atoms with Crippen LogP contribution in [-0.4, -0.2) is 44.5 Å². The number of hydrogen-bond donors (Lipinski definition) is 2. The van der Waals surface area contributed by atoms with Crippen LogP contribution < -0.4 is 29.7 Å². The lowest BCUT2D eigenvalue weighted by Crippen LogP contribution is -2.20. The zero-order valence-corrected chi connectivity index (χ0v) is 24.3. The molecular formula is C29H32IN3O6. The summed E-state index contributed by atoms with van der Waals surface area (Å²) < 4.78 is 23.6. The Bertz CT molecular complexity index is 1280. The Morgan fingerprint density at radius 2 is 1.62 bits per heavy atom. The van der Waals surface area contributed by atoms with Gasteiger partial charge in [0.05, 0.1) is 29.6 Å². The highest BCUT2D eigenvalue weighted by atomic mass is 127. The van der Waals surface area contributed by atoms with E-state index >= 15 is 0 Å². The van der Waals surface area contributed by atoms with Crippen LogP contribution in [-0.2, 0) is 4.79 Å². The summed E-state index contributed by atoms with van der Waals surface area (Å²) in [5.74, 6) is 1.34. The molecule has 2 amide bonds. The Kier molecular flexibility index (Phi) is 11.9. The van der Waals surface area contributed by atoms with Gasteiger partial charge >= 0.3 is 0 Å². The molecule has 3 rings (SSSR count). The molecule has 0 aliphatic carbocycles. The molecule has 0 atom stereocenters. The molecule has 0 heterocycles. The van der Waals surface area contributed by atoms with Crippen molar-refractivity contribution in [2.75, 3.05) is 31.7 Å². The SMILES string of the molecule is CCCOc1ccc(C(=O)N/N=C/c2cc(I)c(OCC(=O)Nc3ccccc3)c(OCC)c2)cc1OCC. The molecule has 0 aliphatic heterocycles. The number of nitrogens with one attached hydrogen (secondary N) is 2. The number of halogens is 1. The second-order valence-corrected chi connectivity index (χ2v) is 9.27. The number of para-hydroxylation sites is 1. The van der Waals surface area contributed by atoms with Crippen LogP contribution in [0, 0.1) is 3.57 Å². The summed E-state index contributed by atoms with van der Waals surface area (Å²) in [5, 5.41) is 6.88. The molecule has 9 nitrogen and oxygen atoms in total. The lowest BCUT2D eigenvalue weighted by atomic mass is 10.2. The maximum Gasteiger partial charge on any atom is 0.271 e. The first-order chi connectivity index (χ1) is 18.9. The van der Waals surface area contributed by atoms with Crippen molar-refractivity contribution in [1.29, 1.82) is 0 Å². The lowest BCUT2D eigenvalue weighted by Gasteiger charge is -2.14. The van der Waals surface area contributed by atoms with Gasteiger partial charge in [0.1, 0.15) is 0 Å². The molecular weight excluding hydrogens is 613 g/mol. The summed E-state index contributed by atoms with van der Waals surface area (Å²) in [6, 6.07) is 17.7. The van der Waals surface area contributed by atoms with E-state index in [2.05, 4.69) is 38.4 Å². The largest absolute Gasteiger partial charge is 0.490 e. The van der Waals surface area contributed by atoms with E-state index in [0.717, 1.165) is 9.99 Å². The van der Waals surface area contributed by atoms with Crippen molar-refractivity contribution >= 4 is 46.3 Å². The van der Waals surface area contributed by atoms with Gasteiger partial charge < -0.3 is 24.3 Å². The smallest absolute Gasteiger partial charge is 0.271 e. The molecule has 0 bridgehead atoms. The Morgan fingerprint density at radius 3 is 2.33 bits per heavy atom. The number of benzene rings is 3. The summed E-state index contributed by atoms with van der Waals surface area (Å²) in [6.45, 7) is 6.97. The van der Waals surface area contributed by atoms with Crippen LogP contribution in [0.1, 0.15) is 43.1 Å². The highest BCUT2D eigenvalue weighted by molar-refractivity contribution is 14.1. The van der Waals surface area contributed by atoms with E-state index in [9.17, 15) is 9.59 Å². The first kappa shape index (κ1) is 29.8. The number of hydrazone groups is 1. The number of ether oxygens (including phenoxy) is 4. The number of rotatable bonds is 14. The molecule has 2 N–H and O–H groups in total. The van der Waals surface area contributed by atoms with Gasteiger partial charge in [-0.2, -0.15) is 5.10 Å². The first-order valence-electron chi connectivity index (χ1n) is 12.6. The van der Waals surface area contributed by atoms with Crippen LogP contribution >= 0.6 is 22.6 Å². The van der Waals surface area contributed by atoms with Gasteiger partial charge in [-0.25, -0.2) is 5.43 Å². The molecule has 0 radical (unpaired) electrons. The molecule has 0 saturated carbocycles. The Morgan fingerprint density at radius 1 is 0.872 bits per heavy atom. The normalized spacial score (nSPS) is 10.7. The number of carbonyl (C=O) groups excluding carboxylic acids is 2. The zero-order chi connectivity index (χ0) is 28.0. The molecule has 0 fully saturated rings. The Labute approximate surface area is 242 Å². The van der Waals surface area contributed by atoms with E-state index in [4.69, 9.17) is 18.9 Å². The molecule has 0 unspecified atom stereocenters. The number of carbonyl (C=O) groups is 2. The summed E-state index contributed by atoms with van der Waals surface area (Å²) in [6.07, 6.45) is 2.37. The summed E-state index contributed by atoms with van der Waals surface area (Å²) in [7, 11) is 0. The molecule has 39 heavy (non-hydrogen) atoms. The Balaban J connectivity index is 1.66. The molecule has 3 aromatic rings. The average Bonchev–Trinajstić information content (AvgIpc) is 2.92. The molecule has 0 spiro atoms. The van der Waals surface area contributed by atoms with E-state index < -0.39 is 5.91 Å². The van der Waals surface area contributed by atoms with E-state index in [0.29, 0.717) is 59.6 Å². The monoisotopic (exact) mass is 645 g/mol. The van der Waals surface area contributed by atoms with Crippen LogP contribution in [0.2, 0.25) is 0 Å². The predicted octanol–water partition coefficient (Wildman–Crippen LogP) is 5.66. The second-order valence-electron chi connectivity index (χ2n) is 8.11. The van der Waals surface area contributed by atoms with Gasteiger partial charge in [0, 0.05) is 11.3 Å². The standard InChI is InChI=1S/C29H32IN3O6/c1-4-14-38-24-13-12-21(17-25(24)36-5-2)29(35)33-31-18-20-15-23(30)28(26(16-20)37-6-3)39-19-27(34)32-22-10-8-7-9-11-22/h7-13,15-18H,4-6,14,19H2,1-3H3,(H,32,34)(H,33,35)/b31-18+. The van der Waals surface area contributed by atoms with Gasteiger partial charge in [-0.3, -0.25) is 9.59 Å². The van der Waals surface area contributed by atoms with Crippen LogP contribution in [0.4, 0.5) is 5.69 Å². The third-order valence-corrected chi connectivity index (χ3v) is 5.89. The van der Waals surface area contributed by atoms with Crippen molar-refractivity contribution in [2.24, 2.45) is 5.10 Å².